The number of rotatable bonds is 6. The van der Waals surface area contributed by atoms with Gasteiger partial charge in [0.25, 0.3) is 5.91 Å². The molecule has 0 aromatic heterocycles. The Morgan fingerprint density at radius 1 is 1.29 bits per heavy atom. The number of carbonyl (C=O) groups is 2. The highest BCUT2D eigenvalue weighted by Crippen LogP contribution is 2.59. The lowest BCUT2D eigenvalue weighted by molar-refractivity contribution is -0.158. The molecule has 0 bridgehead atoms. The molecule has 1 saturated carbocycles. The molecule has 7 nitrogen and oxygen atoms in total. The minimum Gasteiger partial charge on any atom is -0.365 e. The van der Waals surface area contributed by atoms with Crippen LogP contribution >= 0.6 is 0 Å². The second-order valence-corrected chi connectivity index (χ2v) is 9.75. The Balaban J connectivity index is 1.85. The van der Waals surface area contributed by atoms with E-state index < -0.39 is 16.9 Å². The molecule has 1 aliphatic carbocycles. The monoisotopic (exact) mass is 470 g/mol. The predicted molar refractivity (Wildman–Crippen MR) is 129 cm³/mol. The zero-order chi connectivity index (χ0) is 25.1. The summed E-state index contributed by atoms with van der Waals surface area (Å²) < 4.78 is 20.0. The molecule has 1 saturated heterocycles. The summed E-state index contributed by atoms with van der Waals surface area (Å²) in [5.74, 6) is -0.587. The normalized spacial score (nSPS) is 27.1. The Kier molecular flexibility index (Phi) is 7.70. The fourth-order valence-electron chi connectivity index (χ4n) is 5.25. The quantitative estimate of drug-likeness (QED) is 0.499. The fraction of sp³-hybridized carbons (Fsp3) is 0.538. The molecule has 8 heteroatoms. The van der Waals surface area contributed by atoms with Crippen molar-refractivity contribution in [1.29, 1.82) is 0 Å². The number of allylic oxidation sites excluding steroid dienone is 2. The van der Waals surface area contributed by atoms with Gasteiger partial charge in [0.2, 0.25) is 5.91 Å². The van der Waals surface area contributed by atoms with E-state index in [1.54, 1.807) is 43.3 Å². The van der Waals surface area contributed by atoms with Crippen LogP contribution in [0.2, 0.25) is 0 Å². The molecular weight excluding hydrogens is 435 g/mol. The lowest BCUT2D eigenvalue weighted by Gasteiger charge is -2.45. The van der Waals surface area contributed by atoms with Crippen molar-refractivity contribution in [3.05, 3.63) is 53.9 Å². The summed E-state index contributed by atoms with van der Waals surface area (Å²) in [4.78, 5) is 27.6. The number of nitrogens with zero attached hydrogens (tertiary/aromatic N) is 3. The number of likely N-dealkylation sites (N-methyl/N-ethyl adjacent to an activating group) is 1. The van der Waals surface area contributed by atoms with Gasteiger partial charge in [0, 0.05) is 26.2 Å². The van der Waals surface area contributed by atoms with Gasteiger partial charge in [-0.25, -0.2) is 4.39 Å². The van der Waals surface area contributed by atoms with E-state index in [9.17, 15) is 14.0 Å². The Bertz CT molecular complexity index is 1020. The smallest absolute Gasteiger partial charge is 0.250 e. The van der Waals surface area contributed by atoms with Crippen LogP contribution in [-0.2, 0) is 14.3 Å². The van der Waals surface area contributed by atoms with E-state index in [1.807, 2.05) is 6.92 Å². The molecular formula is C26H35FN4O3. The van der Waals surface area contributed by atoms with E-state index in [2.05, 4.69) is 36.0 Å². The zero-order valence-corrected chi connectivity index (χ0v) is 20.7. The molecule has 3 atom stereocenters. The van der Waals surface area contributed by atoms with Crippen LogP contribution in [0.4, 0.5) is 4.39 Å². The van der Waals surface area contributed by atoms with Gasteiger partial charge in [0.15, 0.2) is 6.10 Å². The van der Waals surface area contributed by atoms with Crippen LogP contribution in [-0.4, -0.2) is 56.6 Å². The van der Waals surface area contributed by atoms with Gasteiger partial charge in [-0.3, -0.25) is 9.59 Å². The Hall–Kier alpha value is -2.87. The maximum atomic E-state index is 14.4. The minimum absolute atomic E-state index is 0.00828. The molecule has 3 rings (SSSR count). The maximum Gasteiger partial charge on any atom is 0.250 e. The molecule has 2 aliphatic rings. The molecule has 1 aliphatic heterocycles. The fourth-order valence-corrected chi connectivity index (χ4v) is 5.25. The van der Waals surface area contributed by atoms with Crippen molar-refractivity contribution in [3.8, 4) is 0 Å². The van der Waals surface area contributed by atoms with Crippen LogP contribution in [0, 0.1) is 22.6 Å². The second-order valence-electron chi connectivity index (χ2n) is 9.75. The molecule has 34 heavy (non-hydrogen) atoms. The third kappa shape index (κ3) is 4.69. The third-order valence-corrected chi connectivity index (χ3v) is 7.72. The lowest BCUT2D eigenvalue weighted by Crippen LogP contribution is -2.56. The van der Waals surface area contributed by atoms with Crippen molar-refractivity contribution in [2.45, 2.75) is 39.7 Å². The lowest BCUT2D eigenvalue weighted by atomic mass is 9.63. The van der Waals surface area contributed by atoms with Gasteiger partial charge in [-0.2, -0.15) is 10.2 Å². The molecule has 184 valence electrons. The highest BCUT2D eigenvalue weighted by atomic mass is 19.1. The van der Waals surface area contributed by atoms with Gasteiger partial charge in [-0.05, 0) is 48.0 Å². The van der Waals surface area contributed by atoms with Crippen LogP contribution in [0.25, 0.3) is 5.70 Å². The SMILES string of the molecule is C=C(/C=C(\N=N/C)c1ccccc1F)[C@@H]1CC[C@@](C)(C(=O)N2CCOC(C(=O)NC)C2)C1(C)C. The van der Waals surface area contributed by atoms with E-state index in [0.717, 1.165) is 12.0 Å². The van der Waals surface area contributed by atoms with Gasteiger partial charge in [-0.15, -0.1) is 0 Å². The van der Waals surface area contributed by atoms with Gasteiger partial charge in [0.05, 0.1) is 24.3 Å². The van der Waals surface area contributed by atoms with Crippen molar-refractivity contribution in [1.82, 2.24) is 10.2 Å². The molecule has 0 spiro atoms. The van der Waals surface area contributed by atoms with Gasteiger partial charge < -0.3 is 15.0 Å². The summed E-state index contributed by atoms with van der Waals surface area (Å²) in [6, 6.07) is 6.44. The molecule has 2 fully saturated rings. The van der Waals surface area contributed by atoms with E-state index in [-0.39, 0.29) is 30.1 Å². The average molecular weight is 471 g/mol. The molecule has 1 aromatic carbocycles. The van der Waals surface area contributed by atoms with Gasteiger partial charge in [-0.1, -0.05) is 39.5 Å². The van der Waals surface area contributed by atoms with Crippen molar-refractivity contribution in [2.24, 2.45) is 27.0 Å². The first-order chi connectivity index (χ1) is 16.1. The number of amides is 2. The van der Waals surface area contributed by atoms with Crippen molar-refractivity contribution in [2.75, 3.05) is 33.8 Å². The number of halogens is 1. The standard InChI is InChI=1S/C26H35FN4O3/c1-17(15-21(30-29-6)18-9-7-8-10-20(18)27)19-11-12-26(4,25(19,2)3)24(33)31-13-14-34-22(16-31)23(32)28-5/h7-10,15,19,22H,1,11-14,16H2,2-6H3,(H,28,32)/b21-15-,30-29-/t19-,22?,26-/m0/s1. The molecule has 1 unspecified atom stereocenters. The number of hydrogen-bond acceptors (Lipinski definition) is 5. The number of morpholine rings is 1. The summed E-state index contributed by atoms with van der Waals surface area (Å²) >= 11 is 0. The van der Waals surface area contributed by atoms with Crippen molar-refractivity contribution < 1.29 is 18.7 Å². The summed E-state index contributed by atoms with van der Waals surface area (Å²) in [6.45, 7) is 11.5. The first kappa shape index (κ1) is 25.7. The molecule has 0 radical (unpaired) electrons. The Morgan fingerprint density at radius 2 is 2.00 bits per heavy atom. The molecule has 1 aromatic rings. The van der Waals surface area contributed by atoms with E-state index >= 15 is 0 Å². The Morgan fingerprint density at radius 3 is 2.65 bits per heavy atom. The minimum atomic E-state index is -0.660. The van der Waals surface area contributed by atoms with Crippen molar-refractivity contribution >= 4 is 17.5 Å². The van der Waals surface area contributed by atoms with Crippen LogP contribution in [0.15, 0.2) is 52.7 Å². The summed E-state index contributed by atoms with van der Waals surface area (Å²) in [7, 11) is 3.10. The molecule has 1 heterocycles. The number of carbonyl (C=O) groups excluding carboxylic acids is 2. The third-order valence-electron chi connectivity index (χ3n) is 7.72. The molecule has 2 amide bonds. The molecule has 1 N–H and O–H groups in total. The highest BCUT2D eigenvalue weighted by Gasteiger charge is 2.57. The summed E-state index contributed by atoms with van der Waals surface area (Å²) in [6.07, 6.45) is 2.57. The highest BCUT2D eigenvalue weighted by molar-refractivity contribution is 5.86. The van der Waals surface area contributed by atoms with E-state index in [0.29, 0.717) is 30.8 Å². The maximum absolute atomic E-state index is 14.4. The van der Waals surface area contributed by atoms with E-state index in [4.69, 9.17) is 4.74 Å². The van der Waals surface area contributed by atoms with Crippen LogP contribution in [0.5, 0.6) is 0 Å². The Labute approximate surface area is 201 Å². The average Bonchev–Trinajstić information content (AvgIpc) is 3.07. The van der Waals surface area contributed by atoms with Crippen LogP contribution in [0.3, 0.4) is 0 Å². The first-order valence-electron chi connectivity index (χ1n) is 11.6. The summed E-state index contributed by atoms with van der Waals surface area (Å²) in [5, 5.41) is 10.6. The first-order valence-corrected chi connectivity index (χ1v) is 11.6. The number of nitrogens with one attached hydrogen (secondary N) is 1. The number of azo groups is 1. The van der Waals surface area contributed by atoms with Crippen LogP contribution in [0.1, 0.15) is 39.2 Å². The number of hydrogen-bond donors (Lipinski definition) is 1. The topological polar surface area (TPSA) is 83.4 Å². The largest absolute Gasteiger partial charge is 0.365 e. The van der Waals surface area contributed by atoms with Crippen molar-refractivity contribution in [3.63, 3.8) is 0 Å². The van der Waals surface area contributed by atoms with E-state index in [1.165, 1.54) is 6.07 Å². The van der Waals surface area contributed by atoms with Crippen LogP contribution < -0.4 is 5.32 Å². The zero-order valence-electron chi connectivity index (χ0n) is 20.7. The number of ether oxygens (including phenoxy) is 1. The predicted octanol–water partition coefficient (Wildman–Crippen LogP) is 4.22. The number of benzene rings is 1. The van der Waals surface area contributed by atoms with Gasteiger partial charge >= 0.3 is 0 Å². The van der Waals surface area contributed by atoms with Gasteiger partial charge in [0.1, 0.15) is 5.82 Å². The second kappa shape index (κ2) is 10.2. The summed E-state index contributed by atoms with van der Waals surface area (Å²) in [5.41, 5.74) is 0.476.